The Morgan fingerprint density at radius 3 is 2.14 bits per heavy atom. The molecule has 1 saturated heterocycles. The maximum atomic E-state index is 13.4. The maximum absolute atomic E-state index is 13.4. The van der Waals surface area contributed by atoms with Crippen molar-refractivity contribution in [1.29, 1.82) is 0 Å². The van der Waals surface area contributed by atoms with Gasteiger partial charge in [0.2, 0.25) is 21.8 Å². The van der Waals surface area contributed by atoms with Gasteiger partial charge in [0.15, 0.2) is 0 Å². The van der Waals surface area contributed by atoms with E-state index in [2.05, 4.69) is 10.0 Å². The highest BCUT2D eigenvalue weighted by atomic mass is 32.2. The summed E-state index contributed by atoms with van der Waals surface area (Å²) < 4.78 is 28.6. The number of rotatable bonds is 10. The van der Waals surface area contributed by atoms with Gasteiger partial charge in [-0.1, -0.05) is 38.0 Å². The Kier molecular flexibility index (Phi) is 10.1. The van der Waals surface area contributed by atoms with E-state index in [0.29, 0.717) is 57.7 Å². The highest BCUT2D eigenvalue weighted by molar-refractivity contribution is 7.89. The second-order valence-electron chi connectivity index (χ2n) is 10.7. The topological polar surface area (TPSA) is 133 Å². The molecule has 1 unspecified atom stereocenters. The van der Waals surface area contributed by atoms with Gasteiger partial charge >= 0.3 is 5.97 Å². The highest BCUT2D eigenvalue weighted by Crippen LogP contribution is 2.29. The van der Waals surface area contributed by atoms with Crippen LogP contribution in [0, 0.1) is 30.6 Å². The van der Waals surface area contributed by atoms with Gasteiger partial charge in [0.25, 0.3) is 0 Å². The summed E-state index contributed by atoms with van der Waals surface area (Å²) in [5.74, 6) is -1.35. The van der Waals surface area contributed by atoms with E-state index in [1.54, 1.807) is 17.0 Å². The molecule has 0 spiro atoms. The number of aryl methyl sites for hydroxylation is 1. The average Bonchev–Trinajstić information content (AvgIpc) is 2.90. The highest BCUT2D eigenvalue weighted by Gasteiger charge is 2.35. The molecule has 0 bridgehead atoms. The number of nitrogens with zero attached hydrogens (tertiary/aromatic N) is 1. The SMILES string of the molecule is CCC(C)[C@H](NS(=O)(=O)c1ccc(C)cc1)C(=O)N1CCC(C(=O)NCC2CCC(C(=O)O)CC2)CC1. The van der Waals surface area contributed by atoms with Gasteiger partial charge < -0.3 is 15.3 Å². The normalized spacial score (nSPS) is 22.7. The van der Waals surface area contributed by atoms with Crippen LogP contribution in [0.4, 0.5) is 0 Å². The van der Waals surface area contributed by atoms with Gasteiger partial charge in [-0.15, -0.1) is 0 Å². The lowest BCUT2D eigenvalue weighted by molar-refractivity contribution is -0.143. The quantitative estimate of drug-likeness (QED) is 0.422. The minimum atomic E-state index is -3.86. The number of carbonyl (C=O) groups is 3. The van der Waals surface area contributed by atoms with Gasteiger partial charge in [0, 0.05) is 25.6 Å². The Morgan fingerprint density at radius 1 is 1.00 bits per heavy atom. The monoisotopic (exact) mass is 535 g/mol. The summed E-state index contributed by atoms with van der Waals surface area (Å²) in [7, 11) is -3.86. The molecule has 1 saturated carbocycles. The summed E-state index contributed by atoms with van der Waals surface area (Å²) >= 11 is 0. The first-order valence-corrected chi connectivity index (χ1v) is 14.9. The molecular formula is C27H41N3O6S. The molecule has 1 aromatic rings. The summed E-state index contributed by atoms with van der Waals surface area (Å²) in [5, 5.41) is 12.2. The van der Waals surface area contributed by atoms with E-state index in [0.717, 1.165) is 18.4 Å². The standard InChI is InChI=1S/C27H41N3O6S/c1-4-19(3)24(29-37(35,36)23-11-5-18(2)6-12-23)26(32)30-15-13-21(14-16-30)25(31)28-17-20-7-9-22(10-8-20)27(33)34/h5-6,11-12,19-22,24,29H,4,7-10,13-17H2,1-3H3,(H,28,31)(H,33,34)/t19?,20?,22?,24-/m0/s1. The lowest BCUT2D eigenvalue weighted by Gasteiger charge is -2.35. The predicted octanol–water partition coefficient (Wildman–Crippen LogP) is 2.93. The van der Waals surface area contributed by atoms with Crippen molar-refractivity contribution in [2.24, 2.45) is 23.7 Å². The largest absolute Gasteiger partial charge is 0.481 e. The maximum Gasteiger partial charge on any atom is 0.306 e. The molecule has 2 fully saturated rings. The molecular weight excluding hydrogens is 494 g/mol. The van der Waals surface area contributed by atoms with E-state index in [9.17, 15) is 22.8 Å². The number of carboxylic acids is 1. The van der Waals surface area contributed by atoms with Crippen LogP contribution in [-0.4, -0.2) is 61.9 Å². The third-order valence-electron chi connectivity index (χ3n) is 8.03. The molecule has 9 nitrogen and oxygen atoms in total. The van der Waals surface area contributed by atoms with Gasteiger partial charge in [-0.25, -0.2) is 8.42 Å². The van der Waals surface area contributed by atoms with E-state index < -0.39 is 22.0 Å². The van der Waals surface area contributed by atoms with E-state index >= 15 is 0 Å². The molecule has 206 valence electrons. The number of aliphatic carboxylic acids is 1. The Bertz CT molecular complexity index is 1040. The first kappa shape index (κ1) is 29.1. The molecule has 0 radical (unpaired) electrons. The number of nitrogens with one attached hydrogen (secondary N) is 2. The van der Waals surface area contributed by atoms with Crippen LogP contribution in [0.5, 0.6) is 0 Å². The smallest absolute Gasteiger partial charge is 0.306 e. The van der Waals surface area contributed by atoms with Crippen LogP contribution in [0.1, 0.15) is 64.4 Å². The Morgan fingerprint density at radius 2 is 1.59 bits per heavy atom. The second kappa shape index (κ2) is 12.9. The molecule has 2 atom stereocenters. The van der Waals surface area contributed by atoms with Crippen molar-refractivity contribution in [1.82, 2.24) is 14.9 Å². The number of piperidine rings is 1. The van der Waals surface area contributed by atoms with Crippen molar-refractivity contribution in [2.75, 3.05) is 19.6 Å². The van der Waals surface area contributed by atoms with Crippen LogP contribution in [-0.2, 0) is 24.4 Å². The number of amides is 2. The summed E-state index contributed by atoms with van der Waals surface area (Å²) in [4.78, 5) is 39.1. The minimum Gasteiger partial charge on any atom is -0.481 e. The number of hydrogen-bond acceptors (Lipinski definition) is 5. The number of sulfonamides is 1. The zero-order valence-corrected chi connectivity index (χ0v) is 22.9. The molecule has 10 heteroatoms. The fraction of sp³-hybridized carbons (Fsp3) is 0.667. The van der Waals surface area contributed by atoms with Gasteiger partial charge in [-0.05, 0) is 69.4 Å². The number of likely N-dealkylation sites (tertiary alicyclic amines) is 1. The molecule has 1 heterocycles. The molecule has 1 aromatic carbocycles. The van der Waals surface area contributed by atoms with Crippen LogP contribution >= 0.6 is 0 Å². The zero-order valence-electron chi connectivity index (χ0n) is 22.1. The summed E-state index contributed by atoms with van der Waals surface area (Å²) in [6.07, 6.45) is 4.62. The molecule has 0 aromatic heterocycles. The van der Waals surface area contributed by atoms with E-state index in [-0.39, 0.29) is 34.5 Å². The molecule has 1 aliphatic carbocycles. The molecule has 2 aliphatic rings. The number of carboxylic acid groups (broad SMARTS) is 1. The molecule has 3 N–H and O–H groups in total. The molecule has 2 amide bonds. The summed E-state index contributed by atoms with van der Waals surface area (Å²) in [6, 6.07) is 5.66. The van der Waals surface area contributed by atoms with Gasteiger partial charge in [0.05, 0.1) is 10.8 Å². The van der Waals surface area contributed by atoms with Crippen molar-refractivity contribution in [3.63, 3.8) is 0 Å². The molecule has 3 rings (SSSR count). The third-order valence-corrected chi connectivity index (χ3v) is 9.49. The van der Waals surface area contributed by atoms with Crippen LogP contribution in [0.15, 0.2) is 29.2 Å². The van der Waals surface area contributed by atoms with Crippen molar-refractivity contribution in [3.8, 4) is 0 Å². The van der Waals surface area contributed by atoms with E-state index in [4.69, 9.17) is 5.11 Å². The first-order chi connectivity index (χ1) is 17.5. The number of benzene rings is 1. The summed E-state index contributed by atoms with van der Waals surface area (Å²) in [6.45, 7) is 7.03. The summed E-state index contributed by atoms with van der Waals surface area (Å²) in [5.41, 5.74) is 0.950. The van der Waals surface area contributed by atoms with Gasteiger partial charge in [0.1, 0.15) is 6.04 Å². The Labute approximate surface area is 220 Å². The fourth-order valence-electron chi connectivity index (χ4n) is 5.16. The van der Waals surface area contributed by atoms with Gasteiger partial charge in [-0.2, -0.15) is 4.72 Å². The Hall–Kier alpha value is -2.46. The number of hydrogen-bond donors (Lipinski definition) is 3. The lowest BCUT2D eigenvalue weighted by atomic mass is 9.82. The van der Waals surface area contributed by atoms with Gasteiger partial charge in [-0.3, -0.25) is 14.4 Å². The van der Waals surface area contributed by atoms with Crippen molar-refractivity contribution < 1.29 is 27.9 Å². The fourth-order valence-corrected chi connectivity index (χ4v) is 6.46. The van der Waals surface area contributed by atoms with Crippen LogP contribution in [0.2, 0.25) is 0 Å². The minimum absolute atomic E-state index is 0.0222. The van der Waals surface area contributed by atoms with E-state index in [1.807, 2.05) is 20.8 Å². The predicted molar refractivity (Wildman–Crippen MR) is 140 cm³/mol. The van der Waals surface area contributed by atoms with Crippen molar-refractivity contribution >= 4 is 27.8 Å². The van der Waals surface area contributed by atoms with Crippen molar-refractivity contribution in [2.45, 2.75) is 76.7 Å². The average molecular weight is 536 g/mol. The van der Waals surface area contributed by atoms with Crippen LogP contribution < -0.4 is 10.0 Å². The van der Waals surface area contributed by atoms with Crippen molar-refractivity contribution in [3.05, 3.63) is 29.8 Å². The van der Waals surface area contributed by atoms with Crippen LogP contribution in [0.3, 0.4) is 0 Å². The lowest BCUT2D eigenvalue weighted by Crippen LogP contribution is -2.54. The van der Waals surface area contributed by atoms with E-state index in [1.165, 1.54) is 12.1 Å². The van der Waals surface area contributed by atoms with Crippen LogP contribution in [0.25, 0.3) is 0 Å². The number of carbonyl (C=O) groups excluding carboxylic acids is 2. The first-order valence-electron chi connectivity index (χ1n) is 13.4. The second-order valence-corrected chi connectivity index (χ2v) is 12.4. The third kappa shape index (κ3) is 7.77. The molecule has 37 heavy (non-hydrogen) atoms. The zero-order chi connectivity index (χ0) is 27.2. The molecule has 1 aliphatic heterocycles. The Balaban J connectivity index is 1.52.